The zero-order valence-corrected chi connectivity index (χ0v) is 11.8. The molecule has 1 atom stereocenters. The summed E-state index contributed by atoms with van der Waals surface area (Å²) in [5.74, 6) is -3.21. The second-order valence-corrected chi connectivity index (χ2v) is 5.24. The van der Waals surface area contributed by atoms with Crippen molar-refractivity contribution in [3.05, 3.63) is 70.2 Å². The van der Waals surface area contributed by atoms with Gasteiger partial charge in [-0.2, -0.15) is 0 Å². The van der Waals surface area contributed by atoms with Gasteiger partial charge in [-0.25, -0.2) is 8.78 Å². The SMILES string of the molecule is O=C(O)C(Cc1ccc(Cl)cc1)Cc1ccc(F)cc1F. The lowest BCUT2D eigenvalue weighted by Crippen LogP contribution is -2.19. The molecular weight excluding hydrogens is 298 g/mol. The largest absolute Gasteiger partial charge is 0.481 e. The van der Waals surface area contributed by atoms with E-state index in [1.807, 2.05) is 0 Å². The van der Waals surface area contributed by atoms with Gasteiger partial charge in [0.15, 0.2) is 0 Å². The van der Waals surface area contributed by atoms with E-state index in [4.69, 9.17) is 11.6 Å². The van der Waals surface area contributed by atoms with Crippen LogP contribution in [0.1, 0.15) is 11.1 Å². The topological polar surface area (TPSA) is 37.3 Å². The summed E-state index contributed by atoms with van der Waals surface area (Å²) in [7, 11) is 0. The smallest absolute Gasteiger partial charge is 0.307 e. The van der Waals surface area contributed by atoms with Crippen molar-refractivity contribution in [2.75, 3.05) is 0 Å². The first-order valence-electron chi connectivity index (χ1n) is 6.37. The molecule has 2 aromatic carbocycles. The number of carboxylic acids is 1. The third-order valence-electron chi connectivity index (χ3n) is 3.23. The van der Waals surface area contributed by atoms with Gasteiger partial charge in [0, 0.05) is 11.1 Å². The van der Waals surface area contributed by atoms with Crippen LogP contribution in [0.25, 0.3) is 0 Å². The Hall–Kier alpha value is -1.94. The van der Waals surface area contributed by atoms with Gasteiger partial charge >= 0.3 is 5.97 Å². The molecule has 0 aliphatic rings. The molecule has 2 aromatic rings. The van der Waals surface area contributed by atoms with Gasteiger partial charge in [0.2, 0.25) is 0 Å². The summed E-state index contributed by atoms with van der Waals surface area (Å²) in [6.07, 6.45) is 0.257. The van der Waals surface area contributed by atoms with E-state index in [2.05, 4.69) is 0 Å². The minimum atomic E-state index is -1.02. The molecule has 110 valence electrons. The third kappa shape index (κ3) is 4.26. The highest BCUT2D eigenvalue weighted by Gasteiger charge is 2.20. The average Bonchev–Trinajstić information content (AvgIpc) is 2.43. The van der Waals surface area contributed by atoms with Gasteiger partial charge in [-0.05, 0) is 42.2 Å². The molecule has 0 heterocycles. The monoisotopic (exact) mass is 310 g/mol. The van der Waals surface area contributed by atoms with E-state index in [0.717, 1.165) is 17.7 Å². The summed E-state index contributed by atoms with van der Waals surface area (Å²) in [5.41, 5.74) is 0.993. The van der Waals surface area contributed by atoms with E-state index >= 15 is 0 Å². The lowest BCUT2D eigenvalue weighted by atomic mass is 9.92. The number of aliphatic carboxylic acids is 1. The predicted molar refractivity (Wildman–Crippen MR) is 76.3 cm³/mol. The van der Waals surface area contributed by atoms with Crippen molar-refractivity contribution < 1.29 is 18.7 Å². The van der Waals surface area contributed by atoms with Crippen LogP contribution >= 0.6 is 11.6 Å². The lowest BCUT2D eigenvalue weighted by Gasteiger charge is -2.13. The molecule has 2 rings (SSSR count). The Bertz CT molecular complexity index is 641. The number of halogens is 3. The summed E-state index contributed by atoms with van der Waals surface area (Å²) in [6.45, 7) is 0. The number of hydrogen-bond acceptors (Lipinski definition) is 1. The Balaban J connectivity index is 2.15. The first-order chi connectivity index (χ1) is 9.95. The Kier molecular flexibility index (Phi) is 4.91. The van der Waals surface area contributed by atoms with Crippen molar-refractivity contribution >= 4 is 17.6 Å². The fraction of sp³-hybridized carbons (Fsp3) is 0.188. The molecule has 0 aromatic heterocycles. The van der Waals surface area contributed by atoms with Crippen molar-refractivity contribution in [2.45, 2.75) is 12.8 Å². The maximum atomic E-state index is 13.6. The third-order valence-corrected chi connectivity index (χ3v) is 3.48. The molecule has 21 heavy (non-hydrogen) atoms. The van der Waals surface area contributed by atoms with Crippen LogP contribution in [0.5, 0.6) is 0 Å². The van der Waals surface area contributed by atoms with Crippen LogP contribution in [-0.2, 0) is 17.6 Å². The minimum Gasteiger partial charge on any atom is -0.481 e. The van der Waals surface area contributed by atoms with Crippen molar-refractivity contribution in [1.29, 1.82) is 0 Å². The van der Waals surface area contributed by atoms with E-state index in [9.17, 15) is 18.7 Å². The second kappa shape index (κ2) is 6.68. The molecule has 0 spiro atoms. The second-order valence-electron chi connectivity index (χ2n) is 4.81. The highest BCUT2D eigenvalue weighted by Crippen LogP contribution is 2.19. The highest BCUT2D eigenvalue weighted by molar-refractivity contribution is 6.30. The van der Waals surface area contributed by atoms with Crippen LogP contribution in [0.3, 0.4) is 0 Å². The molecule has 0 bridgehead atoms. The molecule has 0 fully saturated rings. The van der Waals surface area contributed by atoms with Crippen molar-refractivity contribution in [1.82, 2.24) is 0 Å². The van der Waals surface area contributed by atoms with Crippen molar-refractivity contribution in [2.24, 2.45) is 5.92 Å². The first kappa shape index (κ1) is 15.4. The lowest BCUT2D eigenvalue weighted by molar-refractivity contribution is -0.141. The number of rotatable bonds is 5. The predicted octanol–water partition coefficient (Wildman–Crippen LogP) is 4.10. The molecular formula is C16H13ClF2O2. The molecule has 0 aliphatic heterocycles. The summed E-state index contributed by atoms with van der Waals surface area (Å²) in [4.78, 5) is 11.3. The molecule has 0 aliphatic carbocycles. The van der Waals surface area contributed by atoms with Gasteiger partial charge in [0.05, 0.1) is 5.92 Å². The number of benzene rings is 2. The first-order valence-corrected chi connectivity index (χ1v) is 6.74. The van der Waals surface area contributed by atoms with E-state index in [1.165, 1.54) is 6.07 Å². The van der Waals surface area contributed by atoms with Gasteiger partial charge in [0.1, 0.15) is 11.6 Å². The Morgan fingerprint density at radius 2 is 1.76 bits per heavy atom. The maximum Gasteiger partial charge on any atom is 0.307 e. The zero-order chi connectivity index (χ0) is 15.4. The Morgan fingerprint density at radius 3 is 2.33 bits per heavy atom. The van der Waals surface area contributed by atoms with E-state index in [1.54, 1.807) is 24.3 Å². The summed E-state index contributed by atoms with van der Waals surface area (Å²) in [6, 6.07) is 9.99. The molecule has 0 radical (unpaired) electrons. The fourth-order valence-electron chi connectivity index (χ4n) is 2.10. The van der Waals surface area contributed by atoms with Crippen LogP contribution in [0, 0.1) is 17.6 Å². The molecule has 5 heteroatoms. The van der Waals surface area contributed by atoms with Gasteiger partial charge in [-0.15, -0.1) is 0 Å². The molecule has 0 saturated heterocycles. The van der Waals surface area contributed by atoms with E-state index in [-0.39, 0.29) is 18.4 Å². The summed E-state index contributed by atoms with van der Waals surface area (Å²) >= 11 is 5.77. The van der Waals surface area contributed by atoms with Gasteiger partial charge in [-0.3, -0.25) is 4.79 Å². The number of carboxylic acid groups (broad SMARTS) is 1. The van der Waals surface area contributed by atoms with E-state index < -0.39 is 23.5 Å². The highest BCUT2D eigenvalue weighted by atomic mass is 35.5. The maximum absolute atomic E-state index is 13.6. The normalized spacial score (nSPS) is 12.1. The van der Waals surface area contributed by atoms with Crippen LogP contribution in [0.4, 0.5) is 8.78 Å². The molecule has 0 amide bonds. The fourth-order valence-corrected chi connectivity index (χ4v) is 2.23. The van der Waals surface area contributed by atoms with Crippen molar-refractivity contribution in [3.63, 3.8) is 0 Å². The van der Waals surface area contributed by atoms with Gasteiger partial charge < -0.3 is 5.11 Å². The van der Waals surface area contributed by atoms with Crippen LogP contribution in [0.15, 0.2) is 42.5 Å². The summed E-state index contributed by atoms with van der Waals surface area (Å²) < 4.78 is 26.5. The van der Waals surface area contributed by atoms with Crippen LogP contribution in [-0.4, -0.2) is 11.1 Å². The standard InChI is InChI=1S/C16H13ClF2O2/c17-13-4-1-10(2-5-13)7-12(16(20)21)8-11-3-6-14(18)9-15(11)19/h1-6,9,12H,7-8H2,(H,20,21). The van der Waals surface area contributed by atoms with Gasteiger partial charge in [0.25, 0.3) is 0 Å². The molecule has 0 saturated carbocycles. The minimum absolute atomic E-state index is 0.00404. The Morgan fingerprint density at radius 1 is 1.10 bits per heavy atom. The number of carbonyl (C=O) groups is 1. The average molecular weight is 311 g/mol. The quantitative estimate of drug-likeness (QED) is 0.902. The van der Waals surface area contributed by atoms with Crippen molar-refractivity contribution in [3.8, 4) is 0 Å². The molecule has 1 unspecified atom stereocenters. The van der Waals surface area contributed by atoms with Gasteiger partial charge in [-0.1, -0.05) is 29.8 Å². The van der Waals surface area contributed by atoms with Crippen LogP contribution < -0.4 is 0 Å². The van der Waals surface area contributed by atoms with Crippen LogP contribution in [0.2, 0.25) is 5.02 Å². The molecule has 1 N–H and O–H groups in total. The molecule has 2 nitrogen and oxygen atoms in total. The number of hydrogen-bond donors (Lipinski definition) is 1. The zero-order valence-electron chi connectivity index (χ0n) is 11.0. The summed E-state index contributed by atoms with van der Waals surface area (Å²) in [5, 5.41) is 9.84. The van der Waals surface area contributed by atoms with E-state index in [0.29, 0.717) is 5.02 Å². The Labute approximate surface area is 126 Å².